The monoisotopic (exact) mass is 281 g/mol. The van der Waals surface area contributed by atoms with Crippen LogP contribution in [-0.4, -0.2) is 26.1 Å². The number of nitrogens with one attached hydrogen (secondary N) is 1. The molecule has 0 saturated carbocycles. The largest absolute Gasteiger partial charge is 0.212 e. The molecule has 6 heteroatoms. The lowest BCUT2D eigenvalue weighted by Gasteiger charge is -2.13. The molecule has 0 saturated heterocycles. The molecule has 0 spiro atoms. The van der Waals surface area contributed by atoms with Crippen molar-refractivity contribution in [2.24, 2.45) is 0 Å². The summed E-state index contributed by atoms with van der Waals surface area (Å²) in [4.78, 5) is 0. The molecule has 16 heavy (non-hydrogen) atoms. The second-order valence-electron chi connectivity index (χ2n) is 3.72. The molecule has 0 amide bonds. The Morgan fingerprint density at radius 2 is 2.31 bits per heavy atom. The normalized spacial score (nSPS) is 13.9. The van der Waals surface area contributed by atoms with Gasteiger partial charge in [-0.25, -0.2) is 13.1 Å². The predicted octanol–water partition coefficient (Wildman–Crippen LogP) is 2.23. The maximum Gasteiger partial charge on any atom is 0.211 e. The first-order chi connectivity index (χ1) is 7.53. The summed E-state index contributed by atoms with van der Waals surface area (Å²) in [6, 6.07) is 1.93. The van der Waals surface area contributed by atoms with Gasteiger partial charge in [0.15, 0.2) is 0 Å². The second-order valence-corrected chi connectivity index (χ2v) is 6.75. The van der Waals surface area contributed by atoms with Crippen molar-refractivity contribution in [2.75, 3.05) is 11.6 Å². The highest BCUT2D eigenvalue weighted by molar-refractivity contribution is 7.89. The Morgan fingerprint density at radius 3 is 2.88 bits per heavy atom. The molecule has 1 N–H and O–H groups in total. The Hall–Kier alpha value is -0.100. The van der Waals surface area contributed by atoms with Crippen molar-refractivity contribution in [3.63, 3.8) is 0 Å². The van der Waals surface area contributed by atoms with Crippen LogP contribution in [0.15, 0.2) is 16.8 Å². The smallest absolute Gasteiger partial charge is 0.211 e. The highest BCUT2D eigenvalue weighted by Crippen LogP contribution is 2.09. The number of thiophene rings is 1. The first-order valence-electron chi connectivity index (χ1n) is 5.10. The number of rotatable bonds is 7. The van der Waals surface area contributed by atoms with Gasteiger partial charge in [0.1, 0.15) is 0 Å². The molecule has 1 rings (SSSR count). The van der Waals surface area contributed by atoms with Crippen LogP contribution in [0.5, 0.6) is 0 Å². The standard InChI is InChI=1S/C10H16ClNO2S2/c1-9(7-10-3-5-15-8-10)12-16(13,14)6-2-4-11/h3,5,8-9,12H,2,4,6-7H2,1H3. The molecule has 92 valence electrons. The molecule has 1 unspecified atom stereocenters. The Labute approximate surface area is 106 Å². The van der Waals surface area contributed by atoms with Crippen LogP contribution in [0.1, 0.15) is 18.9 Å². The summed E-state index contributed by atoms with van der Waals surface area (Å²) in [5, 5.41) is 4.02. The predicted molar refractivity (Wildman–Crippen MR) is 69.7 cm³/mol. The van der Waals surface area contributed by atoms with Crippen LogP contribution in [0.2, 0.25) is 0 Å². The molecule has 0 aromatic carbocycles. The van der Waals surface area contributed by atoms with Gasteiger partial charge in [0.05, 0.1) is 5.75 Å². The second kappa shape index (κ2) is 6.59. The number of hydrogen-bond donors (Lipinski definition) is 1. The lowest BCUT2D eigenvalue weighted by molar-refractivity contribution is 0.559. The lowest BCUT2D eigenvalue weighted by Crippen LogP contribution is -2.35. The number of hydrogen-bond acceptors (Lipinski definition) is 3. The van der Waals surface area contributed by atoms with Crippen LogP contribution in [0.3, 0.4) is 0 Å². The topological polar surface area (TPSA) is 46.2 Å². The maximum atomic E-state index is 11.6. The van der Waals surface area contributed by atoms with Crippen LogP contribution < -0.4 is 4.72 Å². The van der Waals surface area contributed by atoms with E-state index in [1.807, 2.05) is 23.8 Å². The number of alkyl halides is 1. The van der Waals surface area contributed by atoms with Gasteiger partial charge in [-0.3, -0.25) is 0 Å². The fourth-order valence-electron chi connectivity index (χ4n) is 1.41. The van der Waals surface area contributed by atoms with E-state index in [2.05, 4.69) is 4.72 Å². The first kappa shape index (κ1) is 14.0. The van der Waals surface area contributed by atoms with Gasteiger partial charge in [-0.05, 0) is 42.2 Å². The molecule has 0 aliphatic carbocycles. The molecule has 0 fully saturated rings. The summed E-state index contributed by atoms with van der Waals surface area (Å²) < 4.78 is 25.8. The summed E-state index contributed by atoms with van der Waals surface area (Å²) in [6.45, 7) is 1.87. The van der Waals surface area contributed by atoms with Crippen LogP contribution in [0.4, 0.5) is 0 Å². The van der Waals surface area contributed by atoms with Crippen molar-refractivity contribution in [3.8, 4) is 0 Å². The van der Waals surface area contributed by atoms with Crippen molar-refractivity contribution in [1.29, 1.82) is 0 Å². The quantitative estimate of drug-likeness (QED) is 0.779. The molecule has 3 nitrogen and oxygen atoms in total. The van der Waals surface area contributed by atoms with Crippen LogP contribution in [0.25, 0.3) is 0 Å². The molecular weight excluding hydrogens is 266 g/mol. The molecule has 0 aliphatic heterocycles. The van der Waals surface area contributed by atoms with Crippen molar-refractivity contribution in [2.45, 2.75) is 25.8 Å². The minimum atomic E-state index is -3.18. The number of sulfonamides is 1. The van der Waals surface area contributed by atoms with Crippen molar-refractivity contribution in [3.05, 3.63) is 22.4 Å². The van der Waals surface area contributed by atoms with Crippen LogP contribution in [0, 0.1) is 0 Å². The van der Waals surface area contributed by atoms with E-state index < -0.39 is 10.0 Å². The highest BCUT2D eigenvalue weighted by Gasteiger charge is 2.14. The molecular formula is C10H16ClNO2S2. The van der Waals surface area contributed by atoms with E-state index in [0.717, 1.165) is 12.0 Å². The molecule has 1 atom stereocenters. The van der Waals surface area contributed by atoms with Crippen molar-refractivity contribution < 1.29 is 8.42 Å². The van der Waals surface area contributed by atoms with Gasteiger partial charge < -0.3 is 0 Å². The molecule has 0 radical (unpaired) electrons. The zero-order valence-corrected chi connectivity index (χ0v) is 11.5. The summed E-state index contributed by atoms with van der Waals surface area (Å²) in [6.07, 6.45) is 1.21. The van der Waals surface area contributed by atoms with E-state index in [0.29, 0.717) is 12.3 Å². The molecule has 0 bridgehead atoms. The van der Waals surface area contributed by atoms with E-state index in [1.165, 1.54) is 0 Å². The zero-order chi connectivity index (χ0) is 12.0. The van der Waals surface area contributed by atoms with E-state index in [4.69, 9.17) is 11.6 Å². The molecule has 1 heterocycles. The van der Waals surface area contributed by atoms with Gasteiger partial charge in [-0.15, -0.1) is 11.6 Å². The Kier molecular flexibility index (Phi) is 5.75. The third-order valence-corrected chi connectivity index (χ3v) is 4.64. The SMILES string of the molecule is CC(Cc1ccsc1)NS(=O)(=O)CCCCl. The Balaban J connectivity index is 2.41. The van der Waals surface area contributed by atoms with E-state index >= 15 is 0 Å². The minimum absolute atomic E-state index is 0.0741. The summed E-state index contributed by atoms with van der Waals surface area (Å²) in [5.41, 5.74) is 1.16. The van der Waals surface area contributed by atoms with E-state index in [1.54, 1.807) is 11.3 Å². The van der Waals surface area contributed by atoms with Gasteiger partial charge in [0, 0.05) is 11.9 Å². The minimum Gasteiger partial charge on any atom is -0.212 e. The summed E-state index contributed by atoms with van der Waals surface area (Å²) in [5.74, 6) is 0.476. The molecule has 0 aliphatic rings. The van der Waals surface area contributed by atoms with E-state index in [-0.39, 0.29) is 11.8 Å². The van der Waals surface area contributed by atoms with Gasteiger partial charge in [-0.1, -0.05) is 0 Å². The van der Waals surface area contributed by atoms with Crippen LogP contribution in [-0.2, 0) is 16.4 Å². The first-order valence-corrected chi connectivity index (χ1v) is 8.23. The fourth-order valence-corrected chi connectivity index (χ4v) is 3.73. The highest BCUT2D eigenvalue weighted by atomic mass is 35.5. The van der Waals surface area contributed by atoms with Gasteiger partial charge >= 0.3 is 0 Å². The number of halogens is 1. The maximum absolute atomic E-state index is 11.6. The average Bonchev–Trinajstić information content (AvgIpc) is 2.66. The van der Waals surface area contributed by atoms with Gasteiger partial charge in [-0.2, -0.15) is 11.3 Å². The molecule has 1 aromatic heterocycles. The summed E-state index contributed by atoms with van der Waals surface area (Å²) in [7, 11) is -3.18. The third-order valence-electron chi connectivity index (χ3n) is 2.05. The lowest BCUT2D eigenvalue weighted by atomic mass is 10.1. The molecule has 1 aromatic rings. The van der Waals surface area contributed by atoms with Crippen molar-refractivity contribution >= 4 is 33.0 Å². The van der Waals surface area contributed by atoms with Crippen molar-refractivity contribution in [1.82, 2.24) is 4.72 Å². The summed E-state index contributed by atoms with van der Waals surface area (Å²) >= 11 is 7.09. The third kappa shape index (κ3) is 5.30. The zero-order valence-electron chi connectivity index (χ0n) is 9.15. The van der Waals surface area contributed by atoms with Crippen LogP contribution >= 0.6 is 22.9 Å². The Bertz CT molecular complexity index is 389. The van der Waals surface area contributed by atoms with Gasteiger partial charge in [0.25, 0.3) is 0 Å². The Morgan fingerprint density at radius 1 is 1.56 bits per heavy atom. The average molecular weight is 282 g/mol. The van der Waals surface area contributed by atoms with Gasteiger partial charge in [0.2, 0.25) is 10.0 Å². The fraction of sp³-hybridized carbons (Fsp3) is 0.600. The van der Waals surface area contributed by atoms with E-state index in [9.17, 15) is 8.42 Å².